The SMILES string of the molecule is Cn1cc(S(=O)(=O)N2CCOC(c3ccccn3)C2)cn1. The Bertz CT molecular complexity index is 714. The van der Waals surface area contributed by atoms with Crippen LogP contribution in [0.25, 0.3) is 0 Å². The first-order chi connectivity index (χ1) is 10.1. The number of ether oxygens (including phenoxy) is 1. The van der Waals surface area contributed by atoms with Crippen LogP contribution in [0.5, 0.6) is 0 Å². The van der Waals surface area contributed by atoms with E-state index >= 15 is 0 Å². The predicted octanol–water partition coefficient (Wildman–Crippen LogP) is 0.577. The van der Waals surface area contributed by atoms with Crippen LogP contribution in [0.3, 0.4) is 0 Å². The molecule has 1 aliphatic rings. The quantitative estimate of drug-likeness (QED) is 0.829. The zero-order valence-corrected chi connectivity index (χ0v) is 12.4. The van der Waals surface area contributed by atoms with Crippen LogP contribution < -0.4 is 0 Å². The fraction of sp³-hybridized carbons (Fsp3) is 0.385. The summed E-state index contributed by atoms with van der Waals surface area (Å²) in [5.74, 6) is 0. The molecule has 2 aromatic heterocycles. The van der Waals surface area contributed by atoms with E-state index in [-0.39, 0.29) is 17.5 Å². The summed E-state index contributed by atoms with van der Waals surface area (Å²) in [6.07, 6.45) is 4.19. The molecule has 112 valence electrons. The van der Waals surface area contributed by atoms with Crippen LogP contribution in [-0.2, 0) is 21.8 Å². The summed E-state index contributed by atoms with van der Waals surface area (Å²) in [5.41, 5.74) is 0.739. The molecule has 0 saturated carbocycles. The van der Waals surface area contributed by atoms with Crippen LogP contribution in [0.4, 0.5) is 0 Å². The highest BCUT2D eigenvalue weighted by Crippen LogP contribution is 2.24. The first kappa shape index (κ1) is 14.2. The van der Waals surface area contributed by atoms with Crippen LogP contribution in [0.2, 0.25) is 0 Å². The van der Waals surface area contributed by atoms with E-state index in [1.54, 1.807) is 13.2 Å². The Morgan fingerprint density at radius 1 is 1.38 bits per heavy atom. The molecular weight excluding hydrogens is 292 g/mol. The first-order valence-electron chi connectivity index (χ1n) is 6.59. The van der Waals surface area contributed by atoms with Gasteiger partial charge in [-0.1, -0.05) is 6.07 Å². The Hall–Kier alpha value is -1.77. The Labute approximate surface area is 123 Å². The third kappa shape index (κ3) is 2.82. The van der Waals surface area contributed by atoms with Gasteiger partial charge in [-0.3, -0.25) is 9.67 Å². The van der Waals surface area contributed by atoms with E-state index in [1.807, 2.05) is 18.2 Å². The number of pyridine rings is 1. The second-order valence-electron chi connectivity index (χ2n) is 4.83. The average Bonchev–Trinajstić information content (AvgIpc) is 2.96. The van der Waals surface area contributed by atoms with Crippen molar-refractivity contribution in [1.29, 1.82) is 0 Å². The maximum Gasteiger partial charge on any atom is 0.246 e. The number of hydrogen-bond acceptors (Lipinski definition) is 5. The lowest BCUT2D eigenvalue weighted by atomic mass is 10.2. The van der Waals surface area contributed by atoms with Crippen LogP contribution >= 0.6 is 0 Å². The summed E-state index contributed by atoms with van der Waals surface area (Å²) in [7, 11) is -1.85. The molecule has 1 aliphatic heterocycles. The lowest BCUT2D eigenvalue weighted by molar-refractivity contribution is -0.00493. The molecule has 0 aromatic carbocycles. The molecule has 0 radical (unpaired) electrons. The van der Waals surface area contributed by atoms with Gasteiger partial charge in [0.25, 0.3) is 0 Å². The van der Waals surface area contributed by atoms with Crippen molar-refractivity contribution in [3.05, 3.63) is 42.5 Å². The third-order valence-electron chi connectivity index (χ3n) is 3.37. The fourth-order valence-electron chi connectivity index (χ4n) is 2.27. The summed E-state index contributed by atoms with van der Waals surface area (Å²) < 4.78 is 33.7. The number of morpholine rings is 1. The van der Waals surface area contributed by atoms with E-state index < -0.39 is 10.0 Å². The molecule has 8 heteroatoms. The largest absolute Gasteiger partial charge is 0.369 e. The minimum absolute atomic E-state index is 0.201. The van der Waals surface area contributed by atoms with Gasteiger partial charge in [-0.25, -0.2) is 8.42 Å². The van der Waals surface area contributed by atoms with Crippen molar-refractivity contribution in [3.63, 3.8) is 0 Å². The summed E-state index contributed by atoms with van der Waals surface area (Å²) in [5, 5.41) is 3.92. The molecule has 1 fully saturated rings. The van der Waals surface area contributed by atoms with Crippen LogP contribution in [-0.4, -0.2) is 47.2 Å². The van der Waals surface area contributed by atoms with E-state index in [1.165, 1.54) is 21.4 Å². The summed E-state index contributed by atoms with van der Waals surface area (Å²) in [6.45, 7) is 0.940. The molecule has 2 aromatic rings. The Kier molecular flexibility index (Phi) is 3.75. The molecule has 1 saturated heterocycles. The van der Waals surface area contributed by atoms with Gasteiger partial charge >= 0.3 is 0 Å². The Balaban J connectivity index is 1.83. The lowest BCUT2D eigenvalue weighted by Gasteiger charge is -2.31. The number of aromatic nitrogens is 3. The van der Waals surface area contributed by atoms with E-state index in [4.69, 9.17) is 4.74 Å². The van der Waals surface area contributed by atoms with Crippen molar-refractivity contribution in [3.8, 4) is 0 Å². The minimum Gasteiger partial charge on any atom is -0.369 e. The van der Waals surface area contributed by atoms with Gasteiger partial charge in [-0.05, 0) is 12.1 Å². The monoisotopic (exact) mass is 308 g/mol. The normalized spacial score (nSPS) is 20.5. The first-order valence-corrected chi connectivity index (χ1v) is 8.03. The van der Waals surface area contributed by atoms with Crippen molar-refractivity contribution >= 4 is 10.0 Å². The number of hydrogen-bond donors (Lipinski definition) is 0. The van der Waals surface area contributed by atoms with Gasteiger partial charge in [0.2, 0.25) is 10.0 Å². The maximum absolute atomic E-state index is 12.6. The van der Waals surface area contributed by atoms with E-state index in [0.717, 1.165) is 5.69 Å². The molecule has 21 heavy (non-hydrogen) atoms. The van der Waals surface area contributed by atoms with Gasteiger partial charge in [0, 0.05) is 32.5 Å². The van der Waals surface area contributed by atoms with Crippen molar-refractivity contribution in [2.24, 2.45) is 7.05 Å². The molecule has 3 rings (SSSR count). The second-order valence-corrected chi connectivity index (χ2v) is 6.76. The van der Waals surface area contributed by atoms with Crippen LogP contribution in [0, 0.1) is 0 Å². The van der Waals surface area contributed by atoms with Gasteiger partial charge in [-0.2, -0.15) is 9.40 Å². The van der Waals surface area contributed by atoms with Gasteiger partial charge in [0.1, 0.15) is 11.0 Å². The lowest BCUT2D eigenvalue weighted by Crippen LogP contribution is -2.42. The van der Waals surface area contributed by atoms with Crippen LogP contribution in [0.15, 0.2) is 41.7 Å². The van der Waals surface area contributed by atoms with Gasteiger partial charge in [-0.15, -0.1) is 0 Å². The molecule has 3 heterocycles. The second kappa shape index (κ2) is 5.55. The molecule has 0 N–H and O–H groups in total. The van der Waals surface area contributed by atoms with Gasteiger partial charge in [0.05, 0.1) is 18.5 Å². The topological polar surface area (TPSA) is 77.3 Å². The van der Waals surface area contributed by atoms with Crippen molar-refractivity contribution in [1.82, 2.24) is 19.1 Å². The minimum atomic E-state index is -3.54. The highest BCUT2D eigenvalue weighted by molar-refractivity contribution is 7.89. The molecule has 1 unspecified atom stereocenters. The number of sulfonamides is 1. The van der Waals surface area contributed by atoms with E-state index in [9.17, 15) is 8.42 Å². The highest BCUT2D eigenvalue weighted by Gasteiger charge is 2.32. The van der Waals surface area contributed by atoms with Crippen LogP contribution in [0.1, 0.15) is 11.8 Å². The molecular formula is C13H16N4O3S. The zero-order chi connectivity index (χ0) is 14.9. The van der Waals surface area contributed by atoms with Gasteiger partial charge < -0.3 is 4.74 Å². The van der Waals surface area contributed by atoms with Crippen molar-refractivity contribution in [2.75, 3.05) is 19.7 Å². The summed E-state index contributed by atoms with van der Waals surface area (Å²) in [4.78, 5) is 4.43. The molecule has 0 amide bonds. The van der Waals surface area contributed by atoms with Crippen molar-refractivity contribution in [2.45, 2.75) is 11.0 Å². The number of nitrogens with zero attached hydrogens (tertiary/aromatic N) is 4. The molecule has 0 spiro atoms. The number of rotatable bonds is 3. The van der Waals surface area contributed by atoms with Crippen molar-refractivity contribution < 1.29 is 13.2 Å². The third-order valence-corrected chi connectivity index (χ3v) is 5.18. The van der Waals surface area contributed by atoms with E-state index in [0.29, 0.717) is 13.2 Å². The summed E-state index contributed by atoms with van der Waals surface area (Å²) in [6, 6.07) is 5.52. The molecule has 7 nitrogen and oxygen atoms in total. The maximum atomic E-state index is 12.6. The molecule has 0 aliphatic carbocycles. The van der Waals surface area contributed by atoms with E-state index in [2.05, 4.69) is 10.1 Å². The summed E-state index contributed by atoms with van der Waals surface area (Å²) >= 11 is 0. The Morgan fingerprint density at radius 2 is 2.24 bits per heavy atom. The number of aryl methyl sites for hydroxylation is 1. The smallest absolute Gasteiger partial charge is 0.246 e. The van der Waals surface area contributed by atoms with Gasteiger partial charge in [0.15, 0.2) is 0 Å². The highest BCUT2D eigenvalue weighted by atomic mass is 32.2. The average molecular weight is 308 g/mol. The fourth-order valence-corrected chi connectivity index (χ4v) is 3.68. The molecule has 0 bridgehead atoms. The zero-order valence-electron chi connectivity index (χ0n) is 11.6. The Morgan fingerprint density at radius 3 is 2.90 bits per heavy atom. The predicted molar refractivity (Wildman–Crippen MR) is 74.9 cm³/mol. The molecule has 1 atom stereocenters. The standard InChI is InChI=1S/C13H16N4O3S/c1-16-9-11(8-15-16)21(18,19)17-6-7-20-13(10-17)12-4-2-3-5-14-12/h2-5,8-9,13H,6-7,10H2,1H3.